The number of pyridine rings is 1. The molecule has 2 aromatic heterocycles. The van der Waals surface area contributed by atoms with Gasteiger partial charge in [-0.2, -0.15) is 4.98 Å². The van der Waals surface area contributed by atoms with Gasteiger partial charge in [0.05, 0.1) is 0 Å². The van der Waals surface area contributed by atoms with E-state index >= 15 is 0 Å². The van der Waals surface area contributed by atoms with Crippen molar-refractivity contribution >= 4 is 28.7 Å². The van der Waals surface area contributed by atoms with Crippen LogP contribution in [0, 0.1) is 6.92 Å². The molecule has 2 heterocycles. The molecule has 0 unspecified atom stereocenters. The quantitative estimate of drug-likeness (QED) is 0.509. The second kappa shape index (κ2) is 9.66. The van der Waals surface area contributed by atoms with Crippen LogP contribution in [0.5, 0.6) is 0 Å². The topological polar surface area (TPSA) is 128 Å². The maximum Gasteiger partial charge on any atom is 0.408 e. The molecule has 0 radical (unpaired) electrons. The fourth-order valence-corrected chi connectivity index (χ4v) is 3.08. The zero-order valence-corrected chi connectivity index (χ0v) is 20.6. The van der Waals surface area contributed by atoms with Gasteiger partial charge in [0.1, 0.15) is 23.1 Å². The Morgan fingerprint density at radius 1 is 1.06 bits per heavy atom. The predicted molar refractivity (Wildman–Crippen MR) is 127 cm³/mol. The summed E-state index contributed by atoms with van der Waals surface area (Å²) in [5, 5.41) is 11.4. The largest absolute Gasteiger partial charge is 0.458 e. The Kier molecular flexibility index (Phi) is 7.09. The molecule has 34 heavy (non-hydrogen) atoms. The number of alkyl carbamates (subject to hydrolysis) is 1. The smallest absolute Gasteiger partial charge is 0.408 e. The Morgan fingerprint density at radius 3 is 2.38 bits per heavy atom. The second-order valence-corrected chi connectivity index (χ2v) is 9.85. The SMILES string of the molecule is Cc1nc(-c2ccc3ccnc(NC[C@H](NC(=O)OC(C)(C)C)C(=O)OC(C)(C)C)c3c2)no1. The van der Waals surface area contributed by atoms with Gasteiger partial charge in [-0.15, -0.1) is 0 Å². The number of rotatable bonds is 6. The van der Waals surface area contributed by atoms with E-state index in [-0.39, 0.29) is 6.54 Å². The Labute approximate surface area is 198 Å². The van der Waals surface area contributed by atoms with Crippen molar-refractivity contribution in [2.75, 3.05) is 11.9 Å². The average molecular weight is 470 g/mol. The molecule has 0 spiro atoms. The summed E-state index contributed by atoms with van der Waals surface area (Å²) in [4.78, 5) is 33.9. The number of benzene rings is 1. The van der Waals surface area contributed by atoms with Gasteiger partial charge in [0.25, 0.3) is 0 Å². The molecule has 3 aromatic rings. The fraction of sp³-hybridized carbons (Fsp3) is 0.458. The van der Waals surface area contributed by atoms with Crippen molar-refractivity contribution in [3.8, 4) is 11.4 Å². The van der Waals surface area contributed by atoms with E-state index in [0.717, 1.165) is 16.3 Å². The van der Waals surface area contributed by atoms with Crippen molar-refractivity contribution in [1.82, 2.24) is 20.4 Å². The van der Waals surface area contributed by atoms with Crippen molar-refractivity contribution < 1.29 is 23.6 Å². The van der Waals surface area contributed by atoms with Crippen molar-refractivity contribution in [3.05, 3.63) is 36.4 Å². The molecule has 10 heteroatoms. The number of nitrogens with one attached hydrogen (secondary N) is 2. The van der Waals surface area contributed by atoms with Gasteiger partial charge >= 0.3 is 12.1 Å². The normalized spacial score (nSPS) is 12.8. The van der Waals surface area contributed by atoms with Crippen LogP contribution < -0.4 is 10.6 Å². The standard InChI is InChI=1S/C24H31N5O5/c1-14-27-19(29-34-14)16-9-8-15-10-11-25-20(17(15)12-16)26-13-18(21(30)32-23(2,3)4)28-22(31)33-24(5,6)7/h8-12,18H,13H2,1-7H3,(H,25,26)(H,28,31)/t18-/m0/s1. The molecular weight excluding hydrogens is 438 g/mol. The van der Waals surface area contributed by atoms with Crippen molar-refractivity contribution in [3.63, 3.8) is 0 Å². The number of aromatic nitrogens is 3. The minimum Gasteiger partial charge on any atom is -0.458 e. The summed E-state index contributed by atoms with van der Waals surface area (Å²) in [6.07, 6.45) is 0.942. The molecule has 10 nitrogen and oxygen atoms in total. The van der Waals surface area contributed by atoms with Crippen LogP contribution in [0.3, 0.4) is 0 Å². The van der Waals surface area contributed by atoms with Crippen LogP contribution in [0.1, 0.15) is 47.4 Å². The summed E-state index contributed by atoms with van der Waals surface area (Å²) in [6.45, 7) is 12.3. The summed E-state index contributed by atoms with van der Waals surface area (Å²) >= 11 is 0. The lowest BCUT2D eigenvalue weighted by Crippen LogP contribution is -2.49. The molecule has 0 aliphatic carbocycles. The summed E-state index contributed by atoms with van der Waals surface area (Å²) in [6, 6.07) is 6.57. The van der Waals surface area contributed by atoms with Crippen LogP contribution in [0.15, 0.2) is 35.0 Å². The van der Waals surface area contributed by atoms with Crippen LogP contribution >= 0.6 is 0 Å². The third-order valence-corrected chi connectivity index (χ3v) is 4.41. The van der Waals surface area contributed by atoms with Gasteiger partial charge in [-0.3, -0.25) is 0 Å². The molecule has 1 atom stereocenters. The number of aryl methyl sites for hydroxylation is 1. The summed E-state index contributed by atoms with van der Waals surface area (Å²) in [5.74, 6) is 0.869. The van der Waals surface area contributed by atoms with Crippen LogP contribution in [0.25, 0.3) is 22.2 Å². The molecule has 0 fully saturated rings. The Balaban J connectivity index is 1.84. The highest BCUT2D eigenvalue weighted by Crippen LogP contribution is 2.26. The molecule has 1 aromatic carbocycles. The highest BCUT2D eigenvalue weighted by Gasteiger charge is 2.29. The van der Waals surface area contributed by atoms with Crippen LogP contribution in [-0.4, -0.2) is 51.0 Å². The lowest BCUT2D eigenvalue weighted by atomic mass is 10.1. The van der Waals surface area contributed by atoms with Crippen LogP contribution in [0.4, 0.5) is 10.6 Å². The molecule has 0 bridgehead atoms. The fourth-order valence-electron chi connectivity index (χ4n) is 3.08. The number of fused-ring (bicyclic) bond motifs is 1. The van der Waals surface area contributed by atoms with Gasteiger partial charge in [-0.25, -0.2) is 14.6 Å². The zero-order valence-electron chi connectivity index (χ0n) is 20.6. The monoisotopic (exact) mass is 469 g/mol. The maximum absolute atomic E-state index is 12.8. The number of esters is 1. The first kappa shape index (κ1) is 24.9. The van der Waals surface area contributed by atoms with Gasteiger partial charge < -0.3 is 24.6 Å². The zero-order chi connectivity index (χ0) is 25.1. The Bertz CT molecular complexity index is 1180. The molecule has 0 aliphatic heterocycles. The van der Waals surface area contributed by atoms with Gasteiger partial charge in [-0.1, -0.05) is 17.3 Å². The third kappa shape index (κ3) is 6.90. The van der Waals surface area contributed by atoms with E-state index in [0.29, 0.717) is 17.5 Å². The number of hydrogen-bond donors (Lipinski definition) is 2. The van der Waals surface area contributed by atoms with Gasteiger partial charge in [0, 0.05) is 30.6 Å². The predicted octanol–water partition coefficient (Wildman–Crippen LogP) is 4.24. The molecule has 2 N–H and O–H groups in total. The maximum atomic E-state index is 12.8. The van der Waals surface area contributed by atoms with E-state index in [1.54, 1.807) is 54.7 Å². The lowest BCUT2D eigenvalue weighted by molar-refractivity contribution is -0.157. The molecule has 0 saturated heterocycles. The number of amides is 1. The number of hydrogen-bond acceptors (Lipinski definition) is 9. The molecule has 0 aliphatic rings. The van der Waals surface area contributed by atoms with Crippen LogP contribution in [0.2, 0.25) is 0 Å². The van der Waals surface area contributed by atoms with E-state index in [9.17, 15) is 9.59 Å². The van der Waals surface area contributed by atoms with Crippen molar-refractivity contribution in [2.24, 2.45) is 0 Å². The van der Waals surface area contributed by atoms with Crippen LogP contribution in [-0.2, 0) is 14.3 Å². The minimum atomic E-state index is -1.01. The van der Waals surface area contributed by atoms with E-state index in [1.807, 2.05) is 24.3 Å². The Morgan fingerprint density at radius 2 is 1.76 bits per heavy atom. The molecule has 0 saturated carbocycles. The molecule has 3 rings (SSSR count). The first-order chi connectivity index (χ1) is 15.8. The van der Waals surface area contributed by atoms with E-state index in [4.69, 9.17) is 14.0 Å². The van der Waals surface area contributed by atoms with Crippen molar-refractivity contribution in [1.29, 1.82) is 0 Å². The summed E-state index contributed by atoms with van der Waals surface area (Å²) < 4.78 is 15.9. The number of carbonyl (C=O) groups excluding carboxylic acids is 2. The second-order valence-electron chi connectivity index (χ2n) is 9.85. The van der Waals surface area contributed by atoms with Gasteiger partial charge in [-0.05, 0) is 59.1 Å². The molecule has 182 valence electrons. The lowest BCUT2D eigenvalue weighted by Gasteiger charge is -2.26. The molecular formula is C24H31N5O5. The molecule has 1 amide bonds. The first-order valence-corrected chi connectivity index (χ1v) is 11.0. The highest BCUT2D eigenvalue weighted by atomic mass is 16.6. The Hall–Kier alpha value is -3.69. The average Bonchev–Trinajstić information content (AvgIpc) is 3.14. The number of ether oxygens (including phenoxy) is 2. The third-order valence-electron chi connectivity index (χ3n) is 4.41. The number of carbonyl (C=O) groups is 2. The van der Waals surface area contributed by atoms with Gasteiger partial charge in [0.2, 0.25) is 11.7 Å². The summed E-state index contributed by atoms with van der Waals surface area (Å²) in [5.41, 5.74) is -0.673. The minimum absolute atomic E-state index is 0.0335. The number of nitrogens with zero attached hydrogens (tertiary/aromatic N) is 3. The first-order valence-electron chi connectivity index (χ1n) is 11.0. The summed E-state index contributed by atoms with van der Waals surface area (Å²) in [7, 11) is 0. The highest BCUT2D eigenvalue weighted by molar-refractivity contribution is 5.94. The number of anilines is 1. The van der Waals surface area contributed by atoms with Gasteiger partial charge in [0.15, 0.2) is 0 Å². The van der Waals surface area contributed by atoms with E-state index < -0.39 is 29.3 Å². The van der Waals surface area contributed by atoms with E-state index in [2.05, 4.69) is 25.8 Å². The van der Waals surface area contributed by atoms with E-state index in [1.165, 1.54) is 0 Å². The van der Waals surface area contributed by atoms with Crippen molar-refractivity contribution in [2.45, 2.75) is 65.7 Å².